The quantitative estimate of drug-likeness (QED) is 0.719. The maximum Gasteiger partial charge on any atom is 0.332 e. The summed E-state index contributed by atoms with van der Waals surface area (Å²) in [5.74, 6) is 0. The lowest BCUT2D eigenvalue weighted by Crippen LogP contribution is -2.40. The van der Waals surface area contributed by atoms with Crippen molar-refractivity contribution in [2.75, 3.05) is 0 Å². The van der Waals surface area contributed by atoms with Gasteiger partial charge in [0, 0.05) is 12.7 Å². The van der Waals surface area contributed by atoms with Gasteiger partial charge in [-0.25, -0.2) is 9.78 Å². The lowest BCUT2D eigenvalue weighted by molar-refractivity contribution is 0.656. The van der Waals surface area contributed by atoms with Gasteiger partial charge in [-0.2, -0.15) is 5.26 Å². The van der Waals surface area contributed by atoms with Gasteiger partial charge in [0.2, 0.25) is 0 Å². The number of aromatic nitrogens is 3. The summed E-state index contributed by atoms with van der Waals surface area (Å²) in [4.78, 5) is 29.8. The lowest BCUT2D eigenvalue weighted by Gasteiger charge is -2.12. The first kappa shape index (κ1) is 15.7. The molecule has 1 aromatic carbocycles. The van der Waals surface area contributed by atoms with Crippen LogP contribution in [-0.4, -0.2) is 14.1 Å². The van der Waals surface area contributed by atoms with Crippen molar-refractivity contribution in [1.82, 2.24) is 14.1 Å². The van der Waals surface area contributed by atoms with E-state index in [1.165, 1.54) is 9.13 Å². The molecule has 0 radical (unpaired) electrons. The van der Waals surface area contributed by atoms with E-state index in [4.69, 9.17) is 5.26 Å². The molecule has 0 amide bonds. The summed E-state index contributed by atoms with van der Waals surface area (Å²) in [5, 5.41) is 9.44. The molecule has 0 unspecified atom stereocenters. The summed E-state index contributed by atoms with van der Waals surface area (Å²) in [6.45, 7) is 3.78. The summed E-state index contributed by atoms with van der Waals surface area (Å²) in [6, 6.07) is 10.8. The zero-order chi connectivity index (χ0) is 17.4. The maximum atomic E-state index is 12.8. The minimum Gasteiger partial charge on any atom is -0.280 e. The monoisotopic (exact) mass is 320 g/mol. The van der Waals surface area contributed by atoms with Crippen molar-refractivity contribution >= 4 is 11.0 Å². The Morgan fingerprint density at radius 2 is 1.96 bits per heavy atom. The summed E-state index contributed by atoms with van der Waals surface area (Å²) < 4.78 is 2.58. The van der Waals surface area contributed by atoms with E-state index in [-0.39, 0.29) is 12.1 Å². The van der Waals surface area contributed by atoms with Crippen LogP contribution in [0.3, 0.4) is 0 Å². The third-order valence-electron chi connectivity index (χ3n) is 4.02. The lowest BCUT2D eigenvalue weighted by atomic mass is 10.1. The summed E-state index contributed by atoms with van der Waals surface area (Å²) in [5.41, 5.74) is 2.38. The molecule has 24 heavy (non-hydrogen) atoms. The fourth-order valence-corrected chi connectivity index (χ4v) is 2.88. The minimum absolute atomic E-state index is 0.115. The van der Waals surface area contributed by atoms with Crippen LogP contribution in [0.4, 0.5) is 0 Å². The van der Waals surface area contributed by atoms with Gasteiger partial charge >= 0.3 is 5.69 Å². The number of nitrogens with zero attached hydrogens (tertiary/aromatic N) is 4. The van der Waals surface area contributed by atoms with Crippen LogP contribution < -0.4 is 11.2 Å². The van der Waals surface area contributed by atoms with Crippen molar-refractivity contribution in [1.29, 1.82) is 5.26 Å². The van der Waals surface area contributed by atoms with Gasteiger partial charge in [0.05, 0.1) is 23.6 Å². The number of hydrogen-bond donors (Lipinski definition) is 0. The van der Waals surface area contributed by atoms with E-state index in [0.717, 1.165) is 16.8 Å². The summed E-state index contributed by atoms with van der Waals surface area (Å²) in [6.07, 6.45) is 0. The number of pyridine rings is 1. The number of fused-ring (bicyclic) bond motifs is 1. The van der Waals surface area contributed by atoms with Gasteiger partial charge in [0.1, 0.15) is 5.65 Å². The van der Waals surface area contributed by atoms with Crippen LogP contribution in [-0.2, 0) is 13.6 Å². The van der Waals surface area contributed by atoms with Gasteiger partial charge < -0.3 is 0 Å². The van der Waals surface area contributed by atoms with Crippen molar-refractivity contribution < 1.29 is 0 Å². The topological polar surface area (TPSA) is 80.7 Å². The molecule has 0 saturated carbocycles. The molecule has 6 heteroatoms. The fraction of sp³-hybridized carbons (Fsp3) is 0.222. The predicted octanol–water partition coefficient (Wildman–Crippen LogP) is 1.63. The molecule has 6 nitrogen and oxygen atoms in total. The van der Waals surface area contributed by atoms with E-state index in [9.17, 15) is 9.59 Å². The molecular weight excluding hydrogens is 304 g/mol. The summed E-state index contributed by atoms with van der Waals surface area (Å²) in [7, 11) is 1.61. The molecule has 0 aliphatic heterocycles. The van der Waals surface area contributed by atoms with Crippen molar-refractivity contribution in [2.45, 2.75) is 20.4 Å². The Morgan fingerprint density at radius 1 is 1.21 bits per heavy atom. The van der Waals surface area contributed by atoms with Gasteiger partial charge in [0.15, 0.2) is 0 Å². The van der Waals surface area contributed by atoms with Gasteiger partial charge in [-0.15, -0.1) is 0 Å². The average Bonchev–Trinajstić information content (AvgIpc) is 2.56. The molecule has 0 spiro atoms. The average molecular weight is 320 g/mol. The molecule has 3 aromatic rings. The smallest absolute Gasteiger partial charge is 0.280 e. The van der Waals surface area contributed by atoms with Crippen molar-refractivity contribution in [2.24, 2.45) is 7.05 Å². The number of rotatable bonds is 2. The van der Waals surface area contributed by atoms with Crippen LogP contribution in [0.1, 0.15) is 22.4 Å². The van der Waals surface area contributed by atoms with E-state index in [0.29, 0.717) is 16.6 Å². The Labute approximate surface area is 138 Å². The molecule has 3 rings (SSSR count). The first-order valence-electron chi connectivity index (χ1n) is 7.49. The molecule has 120 valence electrons. The Bertz CT molecular complexity index is 1120. The Balaban J connectivity index is 2.28. The normalized spacial score (nSPS) is 10.8. The summed E-state index contributed by atoms with van der Waals surface area (Å²) >= 11 is 0. The highest BCUT2D eigenvalue weighted by Gasteiger charge is 2.15. The second-order valence-corrected chi connectivity index (χ2v) is 5.82. The molecular formula is C18H16N4O2. The largest absolute Gasteiger partial charge is 0.332 e. The van der Waals surface area contributed by atoms with E-state index >= 15 is 0 Å². The molecule has 2 heterocycles. The maximum absolute atomic E-state index is 12.8. The third-order valence-corrected chi connectivity index (χ3v) is 4.02. The van der Waals surface area contributed by atoms with Crippen molar-refractivity contribution in [3.05, 3.63) is 73.6 Å². The molecule has 0 aliphatic rings. The van der Waals surface area contributed by atoms with Crippen molar-refractivity contribution in [3.63, 3.8) is 0 Å². The number of nitriles is 1. The fourth-order valence-electron chi connectivity index (χ4n) is 2.88. The molecule has 0 fully saturated rings. The van der Waals surface area contributed by atoms with Crippen LogP contribution in [0.25, 0.3) is 11.0 Å². The van der Waals surface area contributed by atoms with Crippen LogP contribution in [0.5, 0.6) is 0 Å². The van der Waals surface area contributed by atoms with Gasteiger partial charge in [-0.3, -0.25) is 13.9 Å². The zero-order valence-electron chi connectivity index (χ0n) is 13.7. The van der Waals surface area contributed by atoms with E-state index < -0.39 is 5.69 Å². The number of hydrogen-bond acceptors (Lipinski definition) is 4. The second-order valence-electron chi connectivity index (χ2n) is 5.82. The number of aryl methyl sites for hydroxylation is 3. The first-order chi connectivity index (χ1) is 11.4. The first-order valence-corrected chi connectivity index (χ1v) is 7.49. The third kappa shape index (κ3) is 2.50. The molecule has 0 aliphatic carbocycles. The Kier molecular flexibility index (Phi) is 3.78. The second kappa shape index (κ2) is 5.78. The Hall–Kier alpha value is -3.20. The molecule has 2 aromatic heterocycles. The van der Waals surface area contributed by atoms with Crippen LogP contribution >= 0.6 is 0 Å². The van der Waals surface area contributed by atoms with E-state index in [1.807, 2.05) is 19.9 Å². The molecule has 0 N–H and O–H groups in total. The standard InChI is InChI=1S/C18H16N4O2/c1-11-7-12(2)20-16-15(11)17(23)22(18(24)21(16)3)10-14-6-4-5-13(8-14)9-19/h4-8H,10H2,1-3H3. The predicted molar refractivity (Wildman–Crippen MR) is 91.0 cm³/mol. The molecule has 0 bridgehead atoms. The van der Waals surface area contributed by atoms with Gasteiger partial charge in [0.25, 0.3) is 5.56 Å². The van der Waals surface area contributed by atoms with Crippen LogP contribution in [0.15, 0.2) is 39.9 Å². The SMILES string of the molecule is Cc1cc(C)c2c(=O)n(Cc3cccc(C#N)c3)c(=O)n(C)c2n1. The Morgan fingerprint density at radius 3 is 2.67 bits per heavy atom. The highest BCUT2D eigenvalue weighted by molar-refractivity contribution is 5.78. The zero-order valence-corrected chi connectivity index (χ0v) is 13.7. The van der Waals surface area contributed by atoms with E-state index in [2.05, 4.69) is 11.1 Å². The highest BCUT2D eigenvalue weighted by Crippen LogP contribution is 2.12. The van der Waals surface area contributed by atoms with Crippen molar-refractivity contribution in [3.8, 4) is 6.07 Å². The number of benzene rings is 1. The minimum atomic E-state index is -0.424. The van der Waals surface area contributed by atoms with E-state index in [1.54, 1.807) is 31.3 Å². The highest BCUT2D eigenvalue weighted by atomic mass is 16.2. The van der Waals surface area contributed by atoms with Gasteiger partial charge in [-0.05, 0) is 43.2 Å². The molecule has 0 saturated heterocycles. The molecule has 0 atom stereocenters. The van der Waals surface area contributed by atoms with Gasteiger partial charge in [-0.1, -0.05) is 12.1 Å². The van der Waals surface area contributed by atoms with Crippen LogP contribution in [0.2, 0.25) is 0 Å². The van der Waals surface area contributed by atoms with Crippen LogP contribution in [0, 0.1) is 25.2 Å².